The first-order valence-corrected chi connectivity index (χ1v) is 19.1. The first-order chi connectivity index (χ1) is 23.0. The van der Waals surface area contributed by atoms with Crippen molar-refractivity contribution in [2.45, 2.75) is 49.1 Å². The molecular formula is C20H27N10O15P3S. The molecule has 25 nitrogen and oxygen atoms in total. The van der Waals surface area contributed by atoms with E-state index in [0.717, 1.165) is 12.7 Å². The summed E-state index contributed by atoms with van der Waals surface area (Å²) < 4.78 is 57.0. The molecule has 0 bridgehead atoms. The molecule has 2 saturated heterocycles. The van der Waals surface area contributed by atoms with Crippen LogP contribution >= 0.6 is 22.4 Å². The highest BCUT2D eigenvalue weighted by atomic mass is 32.5. The van der Waals surface area contributed by atoms with Gasteiger partial charge in [0.05, 0.1) is 25.9 Å². The van der Waals surface area contributed by atoms with Gasteiger partial charge in [0.25, 0.3) is 0 Å². The predicted octanol–water partition coefficient (Wildman–Crippen LogP) is -2.45. The second kappa shape index (κ2) is 13.4. The maximum absolute atomic E-state index is 12.6. The largest absolute Gasteiger partial charge is 0.479 e. The highest BCUT2D eigenvalue weighted by Crippen LogP contribution is 2.68. The molecule has 0 aromatic carbocycles. The van der Waals surface area contributed by atoms with E-state index in [2.05, 4.69) is 50.3 Å². The van der Waals surface area contributed by atoms with Crippen LogP contribution in [-0.2, 0) is 48.1 Å². The van der Waals surface area contributed by atoms with E-state index in [1.807, 2.05) is 0 Å². The number of hydrogen-bond acceptors (Lipinski definition) is 21. The van der Waals surface area contributed by atoms with Gasteiger partial charge in [-0.1, -0.05) is 0 Å². The molecule has 2 fully saturated rings. The molecule has 0 radical (unpaired) electrons. The third-order valence-electron chi connectivity index (χ3n) is 7.21. The molecule has 4 aromatic heterocycles. The van der Waals surface area contributed by atoms with E-state index in [9.17, 15) is 44.2 Å². The fraction of sp³-hybridized carbons (Fsp3) is 0.500. The van der Waals surface area contributed by atoms with E-state index in [1.165, 1.54) is 21.8 Å². The summed E-state index contributed by atoms with van der Waals surface area (Å²) in [4.78, 5) is 54.2. The average molecular weight is 772 g/mol. The number of aromatic nitrogens is 8. The molecular weight excluding hydrogens is 745 g/mol. The van der Waals surface area contributed by atoms with Gasteiger partial charge in [0, 0.05) is 0 Å². The molecule has 0 amide bonds. The monoisotopic (exact) mass is 772 g/mol. The Labute approximate surface area is 277 Å². The smallest absolute Gasteiger partial charge is 0.387 e. The van der Waals surface area contributed by atoms with Gasteiger partial charge in [0.1, 0.15) is 60.3 Å². The molecule has 268 valence electrons. The van der Waals surface area contributed by atoms with Crippen LogP contribution in [0.4, 0.5) is 11.6 Å². The Balaban J connectivity index is 1.03. The molecule has 6 heterocycles. The highest BCUT2D eigenvalue weighted by Gasteiger charge is 2.48. The third kappa shape index (κ3) is 7.37. The molecule has 4 aromatic rings. The van der Waals surface area contributed by atoms with Gasteiger partial charge in [-0.15, -0.1) is 0 Å². The number of fused-ring (bicyclic) bond motifs is 2. The molecule has 6 unspecified atom stereocenters. The normalized spacial score (nSPS) is 31.2. The van der Waals surface area contributed by atoms with E-state index < -0.39 is 84.7 Å². The van der Waals surface area contributed by atoms with Crippen LogP contribution in [0.1, 0.15) is 12.5 Å². The van der Waals surface area contributed by atoms with Crippen molar-refractivity contribution >= 4 is 68.1 Å². The number of anilines is 2. The van der Waals surface area contributed by atoms with E-state index in [4.69, 9.17) is 30.0 Å². The molecule has 6 rings (SSSR count). The maximum atomic E-state index is 12.6. The molecule has 11 N–H and O–H groups in total. The highest BCUT2D eigenvalue weighted by molar-refractivity contribution is 8.09. The van der Waals surface area contributed by atoms with Crippen molar-refractivity contribution in [2.24, 2.45) is 0 Å². The SMILES string of the molecule is Nc1ncnc2c1ncn2[C@@H]1O[C@H](COP(=O)(O)OP(O)(=S)OP(=O)(O)OC[C@H]2O[C@@H](n3cnc4c(N)ncnc43)C(O)[C@H]2O)C(O)C1O. The lowest BCUT2D eigenvalue weighted by atomic mass is 10.1. The Bertz CT molecular complexity index is 1870. The van der Waals surface area contributed by atoms with Crippen molar-refractivity contribution in [3.8, 4) is 0 Å². The van der Waals surface area contributed by atoms with E-state index in [1.54, 1.807) is 0 Å². The number of phosphoric acid groups is 2. The summed E-state index contributed by atoms with van der Waals surface area (Å²) in [6.07, 6.45) is -7.47. The summed E-state index contributed by atoms with van der Waals surface area (Å²) in [5, 5.41) is 42.0. The van der Waals surface area contributed by atoms with Crippen LogP contribution < -0.4 is 11.5 Å². The first kappa shape index (κ1) is 36.1. The minimum absolute atomic E-state index is 0.0355. The number of hydrogen-bond donors (Lipinski definition) is 9. The summed E-state index contributed by atoms with van der Waals surface area (Å²) in [6, 6.07) is 0. The van der Waals surface area contributed by atoms with Gasteiger partial charge in [0.15, 0.2) is 35.4 Å². The third-order valence-corrected chi connectivity index (χ3v) is 12.7. The van der Waals surface area contributed by atoms with Crippen LogP contribution in [-0.4, -0.2) is 124 Å². The van der Waals surface area contributed by atoms with Crippen molar-refractivity contribution in [1.82, 2.24) is 39.0 Å². The van der Waals surface area contributed by atoms with Crippen molar-refractivity contribution in [1.29, 1.82) is 0 Å². The summed E-state index contributed by atoms with van der Waals surface area (Å²) in [5.74, 6) is 0.0710. The van der Waals surface area contributed by atoms with Crippen molar-refractivity contribution in [3.05, 3.63) is 25.3 Å². The van der Waals surface area contributed by atoms with E-state index in [-0.39, 0.29) is 34.0 Å². The van der Waals surface area contributed by atoms with Crippen LogP contribution in [0, 0.1) is 0 Å². The zero-order valence-electron chi connectivity index (χ0n) is 24.2. The fourth-order valence-electron chi connectivity index (χ4n) is 4.96. The number of aliphatic hydroxyl groups is 4. The van der Waals surface area contributed by atoms with Crippen LogP contribution in [0.3, 0.4) is 0 Å². The zero-order valence-corrected chi connectivity index (χ0v) is 27.7. The Morgan fingerprint density at radius 2 is 1.08 bits per heavy atom. The number of nitrogens with two attached hydrogens (primary N) is 2. The van der Waals surface area contributed by atoms with Gasteiger partial charge in [0.2, 0.25) is 0 Å². The second-order valence-electron chi connectivity index (χ2n) is 10.4. The van der Waals surface area contributed by atoms with Gasteiger partial charge < -0.3 is 56.0 Å². The number of nitrogen functional groups attached to an aromatic ring is 2. The second-order valence-corrected chi connectivity index (χ2v) is 16.4. The number of imidazole rings is 2. The summed E-state index contributed by atoms with van der Waals surface area (Å²) in [7, 11) is -10.8. The Kier molecular flexibility index (Phi) is 9.90. The number of nitrogens with zero attached hydrogens (tertiary/aromatic N) is 8. The average Bonchev–Trinajstić information content (AvgIpc) is 3.77. The molecule has 2 aliphatic rings. The number of phosphoric ester groups is 2. The molecule has 49 heavy (non-hydrogen) atoms. The van der Waals surface area contributed by atoms with Crippen molar-refractivity contribution < 1.29 is 71.4 Å². The molecule has 2 aliphatic heterocycles. The van der Waals surface area contributed by atoms with Gasteiger partial charge in [-0.3, -0.25) is 18.2 Å². The molecule has 0 spiro atoms. The van der Waals surface area contributed by atoms with E-state index in [0.29, 0.717) is 0 Å². The lowest BCUT2D eigenvalue weighted by molar-refractivity contribution is -0.0508. The fourth-order valence-corrected chi connectivity index (χ4v) is 10.0. The van der Waals surface area contributed by atoms with Crippen molar-refractivity contribution in [2.75, 3.05) is 24.7 Å². The molecule has 0 saturated carbocycles. The minimum atomic E-state index is -5.41. The van der Waals surface area contributed by atoms with Gasteiger partial charge in [-0.2, -0.15) is 0 Å². The van der Waals surface area contributed by atoms with E-state index >= 15 is 0 Å². The van der Waals surface area contributed by atoms with Crippen molar-refractivity contribution in [3.63, 3.8) is 0 Å². The van der Waals surface area contributed by atoms with Crippen LogP contribution in [0.25, 0.3) is 22.3 Å². The standard InChI is InChI=1S/C20H27N10O15P3S/c21-15-9-17(25-3-23-15)29(5-27-9)19-13(33)11(31)7(42-19)1-40-46(35,36)44-48(39,49)45-47(37,38)41-2-8-12(32)14(34)20(43-8)30-6-28-10-16(22)24-4-26-18(10)30/h3-8,11-14,19-20,31-34H,1-2H2,(H,35,36)(H,37,38)(H,39,49)(H2,21,23,25)(H2,22,24,26)/t7-,8-,11+,12?,13?,14?,19-,20-,48?/m1/s1. The zero-order chi connectivity index (χ0) is 35.5. The summed E-state index contributed by atoms with van der Waals surface area (Å²) in [6.45, 7) is -6.97. The number of rotatable bonds is 12. The lowest BCUT2D eigenvalue weighted by Crippen LogP contribution is -2.33. The topological polar surface area (TPSA) is 370 Å². The van der Waals surface area contributed by atoms with Gasteiger partial charge in [-0.25, -0.2) is 47.7 Å². The molecule has 0 aliphatic carbocycles. The van der Waals surface area contributed by atoms with Gasteiger partial charge >= 0.3 is 22.4 Å². The Hall–Kier alpha value is -2.71. The molecule has 11 atom stereocenters. The predicted molar refractivity (Wildman–Crippen MR) is 162 cm³/mol. The lowest BCUT2D eigenvalue weighted by Gasteiger charge is -2.23. The quantitative estimate of drug-likeness (QED) is 0.0675. The van der Waals surface area contributed by atoms with Crippen LogP contribution in [0.15, 0.2) is 25.3 Å². The van der Waals surface area contributed by atoms with Crippen LogP contribution in [0.5, 0.6) is 0 Å². The minimum Gasteiger partial charge on any atom is -0.387 e. The maximum Gasteiger partial charge on any atom is 0.479 e. The first-order valence-electron chi connectivity index (χ1n) is 13.6. The Morgan fingerprint density at radius 3 is 1.47 bits per heavy atom. The van der Waals surface area contributed by atoms with Gasteiger partial charge in [-0.05, 0) is 11.8 Å². The molecule has 29 heteroatoms. The number of aliphatic hydroxyl groups excluding tert-OH is 4. The summed E-state index contributed by atoms with van der Waals surface area (Å²) >= 11 is 4.57. The Morgan fingerprint density at radius 1 is 0.694 bits per heavy atom. The summed E-state index contributed by atoms with van der Waals surface area (Å²) in [5.41, 5.74) is 12.2. The number of ether oxygens (including phenoxy) is 2. The van der Waals surface area contributed by atoms with Crippen LogP contribution in [0.2, 0.25) is 0 Å².